The monoisotopic (exact) mass is 274 g/mol. The number of carbonyl (C=O) groups excluding carboxylic acids is 1. The Balaban J connectivity index is 1.67. The Morgan fingerprint density at radius 1 is 1.35 bits per heavy atom. The van der Waals surface area contributed by atoms with Crippen LogP contribution in [0.4, 0.5) is 0 Å². The number of benzene rings is 1. The van der Waals surface area contributed by atoms with Crippen LogP contribution in [0.1, 0.15) is 37.8 Å². The van der Waals surface area contributed by atoms with Crippen molar-refractivity contribution in [3.8, 4) is 5.75 Å². The van der Waals surface area contributed by atoms with E-state index in [1.165, 1.54) is 5.56 Å². The van der Waals surface area contributed by atoms with E-state index in [-0.39, 0.29) is 18.0 Å². The molecule has 2 atom stereocenters. The summed E-state index contributed by atoms with van der Waals surface area (Å²) in [7, 11) is 0. The minimum Gasteiger partial charge on any atom is -0.493 e. The van der Waals surface area contributed by atoms with Crippen LogP contribution in [0, 0.1) is 0 Å². The zero-order valence-electron chi connectivity index (χ0n) is 12.0. The molecule has 20 heavy (non-hydrogen) atoms. The Morgan fingerprint density at radius 3 is 2.90 bits per heavy atom. The smallest absolute Gasteiger partial charge is 0.239 e. The number of nitrogens with one attached hydrogen (secondary N) is 1. The highest BCUT2D eigenvalue weighted by Crippen LogP contribution is 2.31. The molecule has 108 valence electrons. The lowest BCUT2D eigenvalue weighted by atomic mass is 9.99. The first-order valence-corrected chi connectivity index (χ1v) is 7.52. The molecule has 1 saturated heterocycles. The number of rotatable bonds is 3. The van der Waals surface area contributed by atoms with Gasteiger partial charge in [-0.1, -0.05) is 18.2 Å². The van der Waals surface area contributed by atoms with E-state index in [0.29, 0.717) is 6.61 Å². The van der Waals surface area contributed by atoms with E-state index in [1.54, 1.807) is 0 Å². The summed E-state index contributed by atoms with van der Waals surface area (Å²) in [6.07, 6.45) is 3.19. The number of carbonyl (C=O) groups is 1. The fourth-order valence-corrected chi connectivity index (χ4v) is 3.10. The van der Waals surface area contributed by atoms with Crippen molar-refractivity contribution in [2.45, 2.75) is 38.3 Å². The van der Waals surface area contributed by atoms with Crippen molar-refractivity contribution in [3.63, 3.8) is 0 Å². The molecule has 2 aliphatic rings. The number of amides is 1. The molecule has 0 aliphatic carbocycles. The van der Waals surface area contributed by atoms with Crippen molar-refractivity contribution < 1.29 is 9.53 Å². The van der Waals surface area contributed by atoms with Crippen molar-refractivity contribution in [1.82, 2.24) is 10.2 Å². The van der Waals surface area contributed by atoms with Gasteiger partial charge in [-0.05, 0) is 25.8 Å². The molecular formula is C16H22N2O2. The van der Waals surface area contributed by atoms with Crippen LogP contribution in [0.3, 0.4) is 0 Å². The van der Waals surface area contributed by atoms with Gasteiger partial charge in [0.05, 0.1) is 12.6 Å². The number of para-hydroxylation sites is 1. The van der Waals surface area contributed by atoms with Crippen molar-refractivity contribution in [1.29, 1.82) is 0 Å². The molecule has 0 aromatic heterocycles. The molecule has 1 aromatic rings. The minimum atomic E-state index is -0.135. The molecule has 0 radical (unpaired) electrons. The third-order valence-corrected chi connectivity index (χ3v) is 4.20. The van der Waals surface area contributed by atoms with E-state index in [0.717, 1.165) is 38.1 Å². The molecule has 4 nitrogen and oxygen atoms in total. The average molecular weight is 274 g/mol. The Bertz CT molecular complexity index is 483. The molecule has 2 aliphatic heterocycles. The van der Waals surface area contributed by atoms with Crippen LogP contribution in [0.2, 0.25) is 0 Å². The fourth-order valence-electron chi connectivity index (χ4n) is 3.10. The Hall–Kier alpha value is -1.55. The summed E-state index contributed by atoms with van der Waals surface area (Å²) in [6, 6.07) is 8.16. The van der Waals surface area contributed by atoms with Gasteiger partial charge in [-0.3, -0.25) is 10.1 Å². The third kappa shape index (κ3) is 2.66. The Labute approximate surface area is 120 Å². The Kier molecular flexibility index (Phi) is 3.92. The van der Waals surface area contributed by atoms with Gasteiger partial charge in [-0.2, -0.15) is 0 Å². The quantitative estimate of drug-likeness (QED) is 0.918. The van der Waals surface area contributed by atoms with Crippen molar-refractivity contribution in [2.75, 3.05) is 19.7 Å². The maximum absolute atomic E-state index is 12.4. The van der Waals surface area contributed by atoms with Crippen LogP contribution in [0.25, 0.3) is 0 Å². The van der Waals surface area contributed by atoms with Gasteiger partial charge in [-0.25, -0.2) is 0 Å². The van der Waals surface area contributed by atoms with Crippen LogP contribution in [0.15, 0.2) is 24.3 Å². The number of hydrogen-bond donors (Lipinski definition) is 1. The van der Waals surface area contributed by atoms with E-state index < -0.39 is 0 Å². The van der Waals surface area contributed by atoms with Gasteiger partial charge in [0.1, 0.15) is 5.75 Å². The van der Waals surface area contributed by atoms with Gasteiger partial charge in [0.2, 0.25) is 5.91 Å². The van der Waals surface area contributed by atoms with Crippen molar-refractivity contribution >= 4 is 5.91 Å². The van der Waals surface area contributed by atoms with Gasteiger partial charge in [0.25, 0.3) is 0 Å². The molecule has 0 spiro atoms. The second-order valence-electron chi connectivity index (χ2n) is 5.65. The maximum atomic E-state index is 12.4. The SMILES string of the molecule is CC(NC1CCOc2ccccc21)C(=O)N1CCCC1. The van der Waals surface area contributed by atoms with Crippen LogP contribution >= 0.6 is 0 Å². The van der Waals surface area contributed by atoms with Crippen LogP contribution in [-0.4, -0.2) is 36.5 Å². The number of likely N-dealkylation sites (tertiary alicyclic amines) is 1. The zero-order valence-corrected chi connectivity index (χ0v) is 12.0. The molecule has 1 fully saturated rings. The largest absolute Gasteiger partial charge is 0.493 e. The second kappa shape index (κ2) is 5.83. The van der Waals surface area contributed by atoms with Gasteiger partial charge in [0.15, 0.2) is 0 Å². The van der Waals surface area contributed by atoms with Crippen LogP contribution < -0.4 is 10.1 Å². The normalized spacial score (nSPS) is 23.1. The Morgan fingerprint density at radius 2 is 2.10 bits per heavy atom. The van der Waals surface area contributed by atoms with Gasteiger partial charge in [0, 0.05) is 31.1 Å². The van der Waals surface area contributed by atoms with E-state index in [4.69, 9.17) is 4.74 Å². The zero-order chi connectivity index (χ0) is 13.9. The lowest BCUT2D eigenvalue weighted by Gasteiger charge is -2.30. The molecule has 0 bridgehead atoms. The summed E-state index contributed by atoms with van der Waals surface area (Å²) in [5, 5.41) is 3.48. The van der Waals surface area contributed by atoms with Gasteiger partial charge < -0.3 is 9.64 Å². The lowest BCUT2D eigenvalue weighted by Crippen LogP contribution is -2.45. The molecule has 1 amide bonds. The first-order chi connectivity index (χ1) is 9.75. The molecule has 4 heteroatoms. The predicted octanol–water partition coefficient (Wildman–Crippen LogP) is 2.11. The standard InChI is InChI=1S/C16H22N2O2/c1-12(16(19)18-9-4-5-10-18)17-14-8-11-20-15-7-3-2-6-13(14)15/h2-3,6-7,12,14,17H,4-5,8-11H2,1H3. The molecule has 2 unspecified atom stereocenters. The number of hydrogen-bond acceptors (Lipinski definition) is 3. The van der Waals surface area contributed by atoms with E-state index in [2.05, 4.69) is 11.4 Å². The summed E-state index contributed by atoms with van der Waals surface area (Å²) in [6.45, 7) is 4.50. The maximum Gasteiger partial charge on any atom is 0.239 e. The van der Waals surface area contributed by atoms with Crippen LogP contribution in [-0.2, 0) is 4.79 Å². The first-order valence-electron chi connectivity index (χ1n) is 7.52. The van der Waals surface area contributed by atoms with Crippen molar-refractivity contribution in [2.24, 2.45) is 0 Å². The van der Waals surface area contributed by atoms with Crippen molar-refractivity contribution in [3.05, 3.63) is 29.8 Å². The summed E-state index contributed by atoms with van der Waals surface area (Å²) in [5.74, 6) is 1.17. The van der Waals surface area contributed by atoms with Crippen LogP contribution in [0.5, 0.6) is 5.75 Å². The minimum absolute atomic E-state index is 0.135. The highest BCUT2D eigenvalue weighted by atomic mass is 16.5. The average Bonchev–Trinajstić information content (AvgIpc) is 3.01. The highest BCUT2D eigenvalue weighted by molar-refractivity contribution is 5.81. The second-order valence-corrected chi connectivity index (χ2v) is 5.65. The topological polar surface area (TPSA) is 41.6 Å². The van der Waals surface area contributed by atoms with E-state index >= 15 is 0 Å². The molecule has 3 rings (SSSR count). The molecule has 1 aromatic carbocycles. The number of fused-ring (bicyclic) bond motifs is 1. The summed E-state index contributed by atoms with van der Waals surface area (Å²) < 4.78 is 5.66. The van der Waals surface area contributed by atoms with E-state index in [9.17, 15) is 4.79 Å². The number of ether oxygens (including phenoxy) is 1. The summed E-state index contributed by atoms with van der Waals surface area (Å²) in [5.41, 5.74) is 1.17. The molecule has 2 heterocycles. The number of nitrogens with zero attached hydrogens (tertiary/aromatic N) is 1. The first kappa shape index (κ1) is 13.4. The summed E-state index contributed by atoms with van der Waals surface area (Å²) in [4.78, 5) is 14.3. The fraction of sp³-hybridized carbons (Fsp3) is 0.562. The molecular weight excluding hydrogens is 252 g/mol. The predicted molar refractivity (Wildman–Crippen MR) is 77.7 cm³/mol. The molecule has 1 N–H and O–H groups in total. The van der Waals surface area contributed by atoms with Gasteiger partial charge in [-0.15, -0.1) is 0 Å². The third-order valence-electron chi connectivity index (χ3n) is 4.20. The molecule has 0 saturated carbocycles. The van der Waals surface area contributed by atoms with Gasteiger partial charge >= 0.3 is 0 Å². The lowest BCUT2D eigenvalue weighted by molar-refractivity contribution is -0.132. The van der Waals surface area contributed by atoms with E-state index in [1.807, 2.05) is 30.0 Å². The highest BCUT2D eigenvalue weighted by Gasteiger charge is 2.28. The summed E-state index contributed by atoms with van der Waals surface area (Å²) >= 11 is 0.